The van der Waals surface area contributed by atoms with Crippen LogP contribution in [0, 0.1) is 0 Å². The second-order valence-corrected chi connectivity index (χ2v) is 5.51. The SMILES string of the molecule is COc1cc(-n2c(CCl)nc3cccc(Cl)c32)ccc1Cl. The quantitative estimate of drug-likeness (QED) is 0.621. The molecule has 2 aromatic carbocycles. The molecule has 3 rings (SSSR count). The van der Waals surface area contributed by atoms with E-state index in [0.29, 0.717) is 21.6 Å². The lowest BCUT2D eigenvalue weighted by Crippen LogP contribution is -2.00. The topological polar surface area (TPSA) is 27.1 Å². The van der Waals surface area contributed by atoms with Crippen molar-refractivity contribution in [3.8, 4) is 11.4 Å². The van der Waals surface area contributed by atoms with Gasteiger partial charge in [-0.2, -0.15) is 0 Å². The molecule has 0 aliphatic rings. The number of methoxy groups -OCH3 is 1. The maximum absolute atomic E-state index is 6.33. The summed E-state index contributed by atoms with van der Waals surface area (Å²) in [6.45, 7) is 0. The first kappa shape index (κ1) is 14.5. The molecule has 21 heavy (non-hydrogen) atoms. The van der Waals surface area contributed by atoms with Crippen LogP contribution in [-0.4, -0.2) is 16.7 Å². The minimum Gasteiger partial charge on any atom is -0.495 e. The number of ether oxygens (including phenoxy) is 1. The number of hydrogen-bond acceptors (Lipinski definition) is 2. The minimum absolute atomic E-state index is 0.274. The molecule has 3 nitrogen and oxygen atoms in total. The highest BCUT2D eigenvalue weighted by Crippen LogP contribution is 2.32. The first-order valence-corrected chi connectivity index (χ1v) is 7.50. The predicted octanol–water partition coefficient (Wildman–Crippen LogP) is 5.08. The number of benzene rings is 2. The number of imidazole rings is 1. The summed E-state index contributed by atoms with van der Waals surface area (Å²) in [5.74, 6) is 1.57. The molecule has 0 amide bonds. The van der Waals surface area contributed by atoms with Crippen LogP contribution in [0.25, 0.3) is 16.7 Å². The van der Waals surface area contributed by atoms with Crippen molar-refractivity contribution in [2.45, 2.75) is 5.88 Å². The summed E-state index contributed by atoms with van der Waals surface area (Å²) >= 11 is 18.4. The van der Waals surface area contributed by atoms with E-state index in [0.717, 1.165) is 16.7 Å². The fraction of sp³-hybridized carbons (Fsp3) is 0.133. The molecule has 0 aliphatic carbocycles. The van der Waals surface area contributed by atoms with Gasteiger partial charge < -0.3 is 4.74 Å². The summed E-state index contributed by atoms with van der Waals surface area (Å²) < 4.78 is 7.19. The van der Waals surface area contributed by atoms with Crippen LogP contribution in [0.1, 0.15) is 5.82 Å². The Balaban J connectivity index is 2.33. The van der Waals surface area contributed by atoms with Gasteiger partial charge in [0.2, 0.25) is 0 Å². The van der Waals surface area contributed by atoms with E-state index in [4.69, 9.17) is 39.5 Å². The Morgan fingerprint density at radius 2 is 1.95 bits per heavy atom. The first-order valence-electron chi connectivity index (χ1n) is 6.21. The van der Waals surface area contributed by atoms with Gasteiger partial charge in [-0.1, -0.05) is 29.3 Å². The Labute approximate surface area is 137 Å². The van der Waals surface area contributed by atoms with Crippen LogP contribution in [0.3, 0.4) is 0 Å². The third-order valence-corrected chi connectivity index (χ3v) is 4.07. The Morgan fingerprint density at radius 3 is 2.67 bits per heavy atom. The molecule has 3 aromatic rings. The summed E-state index contributed by atoms with van der Waals surface area (Å²) in [5, 5.41) is 1.16. The minimum atomic E-state index is 0.274. The Hall–Kier alpha value is -1.42. The summed E-state index contributed by atoms with van der Waals surface area (Å²) in [4.78, 5) is 4.52. The molecule has 0 N–H and O–H groups in total. The van der Waals surface area contributed by atoms with Crippen molar-refractivity contribution < 1.29 is 4.74 Å². The average Bonchev–Trinajstić information content (AvgIpc) is 2.88. The second kappa shape index (κ2) is 5.76. The fourth-order valence-electron chi connectivity index (χ4n) is 2.29. The van der Waals surface area contributed by atoms with Crippen molar-refractivity contribution in [1.82, 2.24) is 9.55 Å². The smallest absolute Gasteiger partial charge is 0.139 e. The molecule has 6 heteroatoms. The van der Waals surface area contributed by atoms with Crippen LogP contribution in [-0.2, 0) is 5.88 Å². The van der Waals surface area contributed by atoms with Crippen molar-refractivity contribution in [1.29, 1.82) is 0 Å². The highest BCUT2D eigenvalue weighted by atomic mass is 35.5. The number of hydrogen-bond donors (Lipinski definition) is 0. The summed E-state index contributed by atoms with van der Waals surface area (Å²) in [6.07, 6.45) is 0. The molecular weight excluding hydrogens is 331 g/mol. The summed E-state index contributed by atoms with van der Waals surface area (Å²) in [6, 6.07) is 11.1. The third kappa shape index (κ3) is 2.46. The Kier molecular flexibility index (Phi) is 3.98. The van der Waals surface area contributed by atoms with Crippen molar-refractivity contribution in [3.63, 3.8) is 0 Å². The van der Waals surface area contributed by atoms with Crippen molar-refractivity contribution in [2.75, 3.05) is 7.11 Å². The van der Waals surface area contributed by atoms with Crippen LogP contribution in [0.4, 0.5) is 0 Å². The number of fused-ring (bicyclic) bond motifs is 1. The Morgan fingerprint density at radius 1 is 1.14 bits per heavy atom. The number of para-hydroxylation sites is 1. The molecule has 1 heterocycles. The zero-order chi connectivity index (χ0) is 15.0. The molecule has 0 saturated carbocycles. The molecule has 0 spiro atoms. The van der Waals surface area contributed by atoms with Gasteiger partial charge in [-0.15, -0.1) is 11.6 Å². The van der Waals surface area contributed by atoms with Crippen molar-refractivity contribution in [3.05, 3.63) is 52.3 Å². The normalized spacial score (nSPS) is 11.0. The molecule has 0 aliphatic heterocycles. The van der Waals surface area contributed by atoms with E-state index in [1.165, 1.54) is 0 Å². The Bertz CT molecular complexity index is 814. The first-order chi connectivity index (χ1) is 10.2. The molecule has 0 unspecified atom stereocenters. The van der Waals surface area contributed by atoms with E-state index in [9.17, 15) is 0 Å². The molecule has 0 radical (unpaired) electrons. The van der Waals surface area contributed by atoms with Gasteiger partial charge in [0.25, 0.3) is 0 Å². The van der Waals surface area contributed by atoms with E-state index < -0.39 is 0 Å². The zero-order valence-corrected chi connectivity index (χ0v) is 13.4. The molecule has 0 bridgehead atoms. The highest BCUT2D eigenvalue weighted by Gasteiger charge is 2.15. The molecule has 0 atom stereocenters. The molecule has 0 fully saturated rings. The van der Waals surface area contributed by atoms with E-state index in [1.54, 1.807) is 13.2 Å². The molecule has 1 aromatic heterocycles. The monoisotopic (exact) mass is 340 g/mol. The van der Waals surface area contributed by atoms with Gasteiger partial charge in [0.05, 0.1) is 39.8 Å². The van der Waals surface area contributed by atoms with E-state index in [2.05, 4.69) is 4.98 Å². The largest absolute Gasteiger partial charge is 0.495 e. The fourth-order valence-corrected chi connectivity index (χ4v) is 2.92. The zero-order valence-electron chi connectivity index (χ0n) is 11.1. The maximum Gasteiger partial charge on any atom is 0.139 e. The predicted molar refractivity (Wildman–Crippen MR) is 87.2 cm³/mol. The van der Waals surface area contributed by atoms with Gasteiger partial charge in [-0.05, 0) is 24.3 Å². The van der Waals surface area contributed by atoms with E-state index in [1.807, 2.05) is 34.9 Å². The third-order valence-electron chi connectivity index (χ3n) is 3.21. The summed E-state index contributed by atoms with van der Waals surface area (Å²) in [7, 11) is 1.58. The lowest BCUT2D eigenvalue weighted by Gasteiger charge is -2.11. The van der Waals surface area contributed by atoms with Gasteiger partial charge in [0, 0.05) is 6.07 Å². The number of aromatic nitrogens is 2. The van der Waals surface area contributed by atoms with Gasteiger partial charge in [-0.3, -0.25) is 4.57 Å². The highest BCUT2D eigenvalue weighted by molar-refractivity contribution is 6.35. The van der Waals surface area contributed by atoms with Crippen LogP contribution in [0.5, 0.6) is 5.75 Å². The van der Waals surface area contributed by atoms with Crippen LogP contribution >= 0.6 is 34.8 Å². The summed E-state index contributed by atoms with van der Waals surface area (Å²) in [5.41, 5.74) is 2.47. The van der Waals surface area contributed by atoms with Crippen LogP contribution in [0.15, 0.2) is 36.4 Å². The van der Waals surface area contributed by atoms with Gasteiger partial charge in [0.15, 0.2) is 0 Å². The van der Waals surface area contributed by atoms with Gasteiger partial charge in [0.1, 0.15) is 11.6 Å². The number of alkyl halides is 1. The maximum atomic E-state index is 6.33. The van der Waals surface area contributed by atoms with Gasteiger partial charge in [-0.25, -0.2) is 4.98 Å². The van der Waals surface area contributed by atoms with Crippen molar-refractivity contribution in [2.24, 2.45) is 0 Å². The lowest BCUT2D eigenvalue weighted by molar-refractivity contribution is 0.415. The molecular formula is C15H11Cl3N2O. The van der Waals surface area contributed by atoms with Crippen molar-refractivity contribution >= 4 is 45.8 Å². The molecule has 108 valence electrons. The van der Waals surface area contributed by atoms with E-state index >= 15 is 0 Å². The number of rotatable bonds is 3. The van der Waals surface area contributed by atoms with Crippen LogP contribution < -0.4 is 4.74 Å². The number of nitrogens with zero attached hydrogens (tertiary/aromatic N) is 2. The van der Waals surface area contributed by atoms with E-state index in [-0.39, 0.29) is 5.88 Å². The second-order valence-electron chi connectivity index (χ2n) is 4.42. The lowest BCUT2D eigenvalue weighted by atomic mass is 10.2. The van der Waals surface area contributed by atoms with Crippen LogP contribution in [0.2, 0.25) is 10.0 Å². The van der Waals surface area contributed by atoms with Gasteiger partial charge >= 0.3 is 0 Å². The standard InChI is InChI=1S/C15H11Cl3N2O/c1-21-13-7-9(5-6-10(13)17)20-14(8-16)19-12-4-2-3-11(18)15(12)20/h2-7H,8H2,1H3. The molecule has 0 saturated heterocycles. The number of halogens is 3. The average molecular weight is 342 g/mol.